The Labute approximate surface area is 163 Å². The zero-order valence-electron chi connectivity index (χ0n) is 14.6. The summed E-state index contributed by atoms with van der Waals surface area (Å²) in [5.41, 5.74) is 2.35. The summed E-state index contributed by atoms with van der Waals surface area (Å²) in [6.45, 7) is 0. The molecule has 4 nitrogen and oxygen atoms in total. The van der Waals surface area contributed by atoms with Gasteiger partial charge in [0.15, 0.2) is 17.5 Å². The molecule has 0 radical (unpaired) electrons. The van der Waals surface area contributed by atoms with E-state index >= 15 is 0 Å². The van der Waals surface area contributed by atoms with Crippen LogP contribution in [0.4, 0.5) is 8.78 Å². The van der Waals surface area contributed by atoms with E-state index in [-0.39, 0.29) is 0 Å². The van der Waals surface area contributed by atoms with Gasteiger partial charge in [-0.1, -0.05) is 54.2 Å². The molecule has 4 aromatic rings. The molecule has 7 heteroatoms. The van der Waals surface area contributed by atoms with Crippen LogP contribution < -0.4 is 0 Å². The van der Waals surface area contributed by atoms with Crippen LogP contribution in [0.1, 0.15) is 17.0 Å². The molecule has 138 valence electrons. The Morgan fingerprint density at radius 2 is 1.79 bits per heavy atom. The lowest BCUT2D eigenvalue weighted by atomic mass is 10.0. The first-order valence-electron chi connectivity index (χ1n) is 8.76. The maximum absolute atomic E-state index is 13.6. The van der Waals surface area contributed by atoms with Crippen molar-refractivity contribution in [3.8, 4) is 0 Å². The van der Waals surface area contributed by atoms with Crippen LogP contribution >= 0.6 is 11.8 Å². The van der Waals surface area contributed by atoms with Crippen LogP contribution in [0.5, 0.6) is 0 Å². The Kier molecular flexibility index (Phi) is 4.16. The van der Waals surface area contributed by atoms with Crippen molar-refractivity contribution < 1.29 is 8.78 Å². The summed E-state index contributed by atoms with van der Waals surface area (Å²) >= 11 is 1.48. The van der Waals surface area contributed by atoms with E-state index in [1.54, 1.807) is 4.68 Å². The number of halogens is 2. The molecule has 5 rings (SSSR count). The van der Waals surface area contributed by atoms with Crippen molar-refractivity contribution in [3.63, 3.8) is 0 Å². The highest BCUT2D eigenvalue weighted by atomic mass is 32.2. The molecule has 0 atom stereocenters. The molecule has 0 unspecified atom stereocenters. The van der Waals surface area contributed by atoms with Crippen LogP contribution in [0.25, 0.3) is 10.8 Å². The van der Waals surface area contributed by atoms with Crippen molar-refractivity contribution in [1.82, 2.24) is 14.9 Å². The van der Waals surface area contributed by atoms with Gasteiger partial charge in [-0.15, -0.1) is 10.2 Å². The van der Waals surface area contributed by atoms with Gasteiger partial charge >= 0.3 is 0 Å². The number of hydrogen-bond acceptors (Lipinski definition) is 4. The lowest BCUT2D eigenvalue weighted by Crippen LogP contribution is -2.15. The normalized spacial score (nSPS) is 13.4. The van der Waals surface area contributed by atoms with E-state index in [0.29, 0.717) is 34.4 Å². The van der Waals surface area contributed by atoms with E-state index in [1.807, 2.05) is 18.2 Å². The monoisotopic (exact) mass is 392 g/mol. The number of aromatic nitrogens is 3. The number of fused-ring (bicyclic) bond motifs is 2. The molecular weight excluding hydrogens is 378 g/mol. The predicted molar refractivity (Wildman–Crippen MR) is 106 cm³/mol. The van der Waals surface area contributed by atoms with Crippen molar-refractivity contribution in [2.75, 3.05) is 5.75 Å². The standard InChI is InChI=1S/C21H14F2N4S/c22-17-9-8-15(10-18(17)23)19-12-28-21-25-24-20(27(21)26-19)11-14-6-3-5-13-4-1-2-7-16(13)14/h1-10H,11-12H2. The lowest BCUT2D eigenvalue weighted by molar-refractivity contribution is 0.508. The minimum Gasteiger partial charge on any atom is -0.204 e. The van der Waals surface area contributed by atoms with E-state index < -0.39 is 11.6 Å². The van der Waals surface area contributed by atoms with Gasteiger partial charge in [-0.2, -0.15) is 9.78 Å². The molecule has 0 N–H and O–H groups in total. The van der Waals surface area contributed by atoms with Crippen molar-refractivity contribution in [2.24, 2.45) is 5.10 Å². The van der Waals surface area contributed by atoms with Crippen molar-refractivity contribution in [2.45, 2.75) is 11.6 Å². The first-order chi connectivity index (χ1) is 13.7. The van der Waals surface area contributed by atoms with Gasteiger partial charge in [-0.3, -0.25) is 0 Å². The molecule has 3 aromatic carbocycles. The second-order valence-corrected chi connectivity index (χ2v) is 7.43. The zero-order valence-corrected chi connectivity index (χ0v) is 15.5. The summed E-state index contributed by atoms with van der Waals surface area (Å²) in [5, 5.41) is 16.2. The molecular formula is C21H14F2N4S. The van der Waals surface area contributed by atoms with Gasteiger partial charge in [0, 0.05) is 17.7 Å². The Morgan fingerprint density at radius 3 is 2.68 bits per heavy atom. The molecule has 1 aliphatic heterocycles. The van der Waals surface area contributed by atoms with Crippen molar-refractivity contribution in [3.05, 3.63) is 89.2 Å². The average Bonchev–Trinajstić information content (AvgIpc) is 3.12. The first kappa shape index (κ1) is 17.1. The largest absolute Gasteiger partial charge is 0.212 e. The Bertz CT molecular complexity index is 1230. The fraction of sp³-hybridized carbons (Fsp3) is 0.0952. The number of benzene rings is 3. The van der Waals surface area contributed by atoms with Gasteiger partial charge in [0.1, 0.15) is 0 Å². The second kappa shape index (κ2) is 6.83. The third-order valence-electron chi connectivity index (χ3n) is 4.72. The Hall–Kier alpha value is -3.06. The van der Waals surface area contributed by atoms with Gasteiger partial charge in [-0.25, -0.2) is 8.78 Å². The fourth-order valence-electron chi connectivity index (χ4n) is 3.31. The second-order valence-electron chi connectivity index (χ2n) is 6.49. The number of hydrogen-bond donors (Lipinski definition) is 0. The summed E-state index contributed by atoms with van der Waals surface area (Å²) in [6.07, 6.45) is 0.573. The lowest BCUT2D eigenvalue weighted by Gasteiger charge is -2.14. The van der Waals surface area contributed by atoms with Crippen LogP contribution in [-0.4, -0.2) is 26.3 Å². The SMILES string of the molecule is Fc1ccc(C2=Nn3c(Cc4cccc5ccccc45)nnc3SC2)cc1F. The van der Waals surface area contributed by atoms with E-state index in [4.69, 9.17) is 0 Å². The molecule has 0 aliphatic carbocycles. The van der Waals surface area contributed by atoms with Crippen LogP contribution in [0.2, 0.25) is 0 Å². The predicted octanol–water partition coefficient (Wildman–Crippen LogP) is 4.66. The molecule has 0 spiro atoms. The zero-order chi connectivity index (χ0) is 19.1. The van der Waals surface area contributed by atoms with Gasteiger partial charge < -0.3 is 0 Å². The minimum absolute atomic E-state index is 0.525. The van der Waals surface area contributed by atoms with Gasteiger partial charge in [0.05, 0.1) is 5.71 Å². The summed E-state index contributed by atoms with van der Waals surface area (Å²) < 4.78 is 28.6. The molecule has 28 heavy (non-hydrogen) atoms. The highest BCUT2D eigenvalue weighted by molar-refractivity contribution is 7.99. The van der Waals surface area contributed by atoms with E-state index in [2.05, 4.69) is 39.6 Å². The van der Waals surface area contributed by atoms with Crippen LogP contribution in [0, 0.1) is 11.6 Å². The highest BCUT2D eigenvalue weighted by Gasteiger charge is 2.21. The third-order valence-corrected chi connectivity index (χ3v) is 5.65. The van der Waals surface area contributed by atoms with Gasteiger partial charge in [0.2, 0.25) is 5.16 Å². The molecule has 2 heterocycles. The quantitative estimate of drug-likeness (QED) is 0.509. The summed E-state index contributed by atoms with van der Waals surface area (Å²) in [5.74, 6) is -0.513. The number of rotatable bonds is 3. The topological polar surface area (TPSA) is 43.1 Å². The van der Waals surface area contributed by atoms with E-state index in [9.17, 15) is 8.78 Å². The van der Waals surface area contributed by atoms with E-state index in [1.165, 1.54) is 29.3 Å². The van der Waals surface area contributed by atoms with Crippen molar-refractivity contribution in [1.29, 1.82) is 0 Å². The minimum atomic E-state index is -0.879. The first-order valence-corrected chi connectivity index (χ1v) is 9.74. The van der Waals surface area contributed by atoms with Gasteiger partial charge in [-0.05, 0) is 34.5 Å². The maximum atomic E-state index is 13.6. The van der Waals surface area contributed by atoms with Gasteiger partial charge in [0.25, 0.3) is 0 Å². The maximum Gasteiger partial charge on any atom is 0.212 e. The van der Waals surface area contributed by atoms with Crippen molar-refractivity contribution >= 4 is 28.2 Å². The highest BCUT2D eigenvalue weighted by Crippen LogP contribution is 2.27. The molecule has 0 amide bonds. The summed E-state index contributed by atoms with van der Waals surface area (Å²) in [4.78, 5) is 0. The van der Waals surface area contributed by atoms with E-state index in [0.717, 1.165) is 17.0 Å². The fourth-order valence-corrected chi connectivity index (χ4v) is 4.17. The number of thioether (sulfide) groups is 1. The Morgan fingerprint density at radius 1 is 0.929 bits per heavy atom. The van der Waals surface area contributed by atoms with Crippen LogP contribution in [0.3, 0.4) is 0 Å². The molecule has 0 fully saturated rings. The number of nitrogens with zero attached hydrogens (tertiary/aromatic N) is 4. The molecule has 1 aliphatic rings. The summed E-state index contributed by atoms with van der Waals surface area (Å²) in [7, 11) is 0. The third kappa shape index (κ3) is 2.97. The molecule has 1 aromatic heterocycles. The molecule has 0 saturated heterocycles. The van der Waals surface area contributed by atoms with Crippen LogP contribution in [0.15, 0.2) is 70.9 Å². The molecule has 0 bridgehead atoms. The Balaban J connectivity index is 1.54. The summed E-state index contributed by atoms with van der Waals surface area (Å²) in [6, 6.07) is 18.2. The average molecular weight is 392 g/mol. The molecule has 0 saturated carbocycles. The smallest absolute Gasteiger partial charge is 0.204 e. The van der Waals surface area contributed by atoms with Crippen LogP contribution in [-0.2, 0) is 6.42 Å².